The minimum atomic E-state index is -0.555. The molecule has 0 unspecified atom stereocenters. The quantitative estimate of drug-likeness (QED) is 0.144. The third-order valence-electron chi connectivity index (χ3n) is 10.6. The van der Waals surface area contributed by atoms with Gasteiger partial charge in [-0.2, -0.15) is 0 Å². The van der Waals surface area contributed by atoms with E-state index in [1.165, 1.54) is 24.3 Å². The van der Waals surface area contributed by atoms with Crippen molar-refractivity contribution in [2.45, 2.75) is 13.8 Å². The van der Waals surface area contributed by atoms with E-state index < -0.39 is 23.6 Å². The zero-order valence-electron chi connectivity index (χ0n) is 30.6. The van der Waals surface area contributed by atoms with Crippen LogP contribution < -0.4 is 9.80 Å². The van der Waals surface area contributed by atoms with Crippen LogP contribution in [0.1, 0.15) is 52.6 Å². The summed E-state index contributed by atoms with van der Waals surface area (Å²) in [4.78, 5) is 55.9. The van der Waals surface area contributed by atoms with Crippen molar-refractivity contribution in [2.24, 2.45) is 0 Å². The molecule has 2 aliphatic rings. The Morgan fingerprint density at radius 1 is 0.333 bits per heavy atom. The lowest BCUT2D eigenvalue weighted by molar-refractivity contribution is 0.0910. The normalized spacial score (nSPS) is 13.4. The molecular formula is C48H32N2O7. The number of aryl methyl sites for hydroxylation is 2. The first-order valence-corrected chi connectivity index (χ1v) is 18.2. The van der Waals surface area contributed by atoms with Gasteiger partial charge in [0.1, 0.15) is 17.2 Å². The molecule has 9 heteroatoms. The fourth-order valence-corrected chi connectivity index (χ4v) is 7.51. The van der Waals surface area contributed by atoms with Gasteiger partial charge in [0.2, 0.25) is 0 Å². The van der Waals surface area contributed by atoms with E-state index >= 15 is 0 Å². The molecule has 0 spiro atoms. The summed E-state index contributed by atoms with van der Waals surface area (Å²) in [5.41, 5.74) is 8.39. The standard InChI is InChI=1S/C48H32N2O7/c1-26-3-7-28(8-4-26)30-11-17-37-39(21-30)47(56)49(45(37)54)34-15-19-36(43(52)25-34)32-13-16-35(42(51)23-32)33-14-20-41(44(53)24-33)50-46(55)38-18-12-31(22-40(38)48(50)57)29-9-5-27(2)6-10-29/h3-25,51-53H,1-2H3. The van der Waals surface area contributed by atoms with Gasteiger partial charge in [-0.1, -0.05) is 90.0 Å². The molecule has 276 valence electrons. The molecule has 7 aromatic carbocycles. The number of fused-ring (bicyclic) bond motifs is 2. The Bertz CT molecular complexity index is 2880. The highest BCUT2D eigenvalue weighted by Crippen LogP contribution is 2.43. The van der Waals surface area contributed by atoms with Crippen LogP contribution in [-0.4, -0.2) is 38.9 Å². The SMILES string of the molecule is Cc1ccc(-c2ccc3c(c2)C(=O)N(c2ccc(-c4ccc(-c5ccc(N6C(=O)c7ccc(-c8ccc(C)cc8)cc7C6=O)c(O)c5)c(O)c4)c(O)c2)C3=O)cc1. The third kappa shape index (κ3) is 5.80. The summed E-state index contributed by atoms with van der Waals surface area (Å²) >= 11 is 0. The second-order valence-corrected chi connectivity index (χ2v) is 14.3. The Hall–Kier alpha value is -7.78. The molecule has 57 heavy (non-hydrogen) atoms. The lowest BCUT2D eigenvalue weighted by Gasteiger charge is -2.17. The second kappa shape index (κ2) is 13.2. The summed E-state index contributed by atoms with van der Waals surface area (Å²) in [6.45, 7) is 3.98. The fraction of sp³-hybridized carbons (Fsp3) is 0.0417. The van der Waals surface area contributed by atoms with Gasteiger partial charge in [0.25, 0.3) is 23.6 Å². The van der Waals surface area contributed by atoms with Gasteiger partial charge in [-0.25, -0.2) is 9.80 Å². The van der Waals surface area contributed by atoms with Crippen molar-refractivity contribution in [1.82, 2.24) is 0 Å². The monoisotopic (exact) mass is 748 g/mol. The number of hydrogen-bond acceptors (Lipinski definition) is 7. The van der Waals surface area contributed by atoms with Crippen molar-refractivity contribution < 1.29 is 34.5 Å². The van der Waals surface area contributed by atoms with E-state index in [2.05, 4.69) is 0 Å². The van der Waals surface area contributed by atoms with Gasteiger partial charge >= 0.3 is 0 Å². The summed E-state index contributed by atoms with van der Waals surface area (Å²) in [5.74, 6) is -2.83. The summed E-state index contributed by atoms with van der Waals surface area (Å²) in [5, 5.41) is 33.4. The number of anilines is 2. The van der Waals surface area contributed by atoms with E-state index in [-0.39, 0.29) is 50.9 Å². The maximum Gasteiger partial charge on any atom is 0.266 e. The summed E-state index contributed by atoms with van der Waals surface area (Å²) in [7, 11) is 0. The minimum Gasteiger partial charge on any atom is -0.507 e. The largest absolute Gasteiger partial charge is 0.507 e. The molecule has 9 rings (SSSR count). The number of phenolic OH excluding ortho intramolecular Hbond substituents is 3. The van der Waals surface area contributed by atoms with Gasteiger partial charge in [-0.15, -0.1) is 0 Å². The molecule has 0 saturated carbocycles. The number of amides is 4. The molecule has 0 bridgehead atoms. The number of benzene rings is 7. The zero-order valence-corrected chi connectivity index (χ0v) is 30.6. The van der Waals surface area contributed by atoms with Gasteiger partial charge < -0.3 is 15.3 Å². The zero-order chi connectivity index (χ0) is 39.7. The summed E-state index contributed by atoms with van der Waals surface area (Å²) in [6, 6.07) is 39.5. The minimum absolute atomic E-state index is 0.00715. The van der Waals surface area contributed by atoms with E-state index in [9.17, 15) is 34.5 Å². The molecule has 2 aliphatic heterocycles. The van der Waals surface area contributed by atoms with E-state index in [0.717, 1.165) is 43.2 Å². The molecule has 0 radical (unpaired) electrons. The van der Waals surface area contributed by atoms with Crippen LogP contribution in [0.4, 0.5) is 11.4 Å². The number of nitrogens with zero attached hydrogens (tertiary/aromatic N) is 2. The Labute approximate surface area is 327 Å². The Morgan fingerprint density at radius 2 is 0.719 bits per heavy atom. The van der Waals surface area contributed by atoms with Crippen LogP contribution in [-0.2, 0) is 0 Å². The molecule has 0 saturated heterocycles. The van der Waals surface area contributed by atoms with Crippen LogP contribution in [0, 0.1) is 13.8 Å². The number of hydrogen-bond donors (Lipinski definition) is 3. The van der Waals surface area contributed by atoms with E-state index in [0.29, 0.717) is 22.3 Å². The summed E-state index contributed by atoms with van der Waals surface area (Å²) < 4.78 is 0. The number of carbonyl (C=O) groups is 4. The Morgan fingerprint density at radius 3 is 1.23 bits per heavy atom. The maximum absolute atomic E-state index is 13.6. The van der Waals surface area contributed by atoms with Crippen molar-refractivity contribution in [3.63, 3.8) is 0 Å². The Kier molecular flexibility index (Phi) is 8.10. The van der Waals surface area contributed by atoms with Crippen molar-refractivity contribution >= 4 is 35.0 Å². The van der Waals surface area contributed by atoms with Gasteiger partial charge in [-0.05, 0) is 102 Å². The van der Waals surface area contributed by atoms with Crippen molar-refractivity contribution in [3.8, 4) is 61.8 Å². The van der Waals surface area contributed by atoms with Crippen LogP contribution >= 0.6 is 0 Å². The molecule has 9 nitrogen and oxygen atoms in total. The van der Waals surface area contributed by atoms with Gasteiger partial charge in [-0.3, -0.25) is 19.2 Å². The molecule has 0 aliphatic carbocycles. The average Bonchev–Trinajstić information content (AvgIpc) is 3.61. The predicted molar refractivity (Wildman–Crippen MR) is 218 cm³/mol. The molecule has 0 atom stereocenters. The molecule has 3 N–H and O–H groups in total. The number of rotatable bonds is 6. The lowest BCUT2D eigenvalue weighted by Crippen LogP contribution is -2.29. The highest BCUT2D eigenvalue weighted by Gasteiger charge is 2.39. The second-order valence-electron chi connectivity index (χ2n) is 14.3. The van der Waals surface area contributed by atoms with Crippen molar-refractivity contribution in [1.29, 1.82) is 0 Å². The highest BCUT2D eigenvalue weighted by atomic mass is 16.3. The van der Waals surface area contributed by atoms with E-state index in [4.69, 9.17) is 0 Å². The smallest absolute Gasteiger partial charge is 0.266 e. The summed E-state index contributed by atoms with van der Waals surface area (Å²) in [6.07, 6.45) is 0. The number of imide groups is 2. The number of aromatic hydroxyl groups is 3. The molecule has 7 aromatic rings. The number of carbonyl (C=O) groups excluding carboxylic acids is 4. The fourth-order valence-electron chi connectivity index (χ4n) is 7.51. The van der Waals surface area contributed by atoms with Crippen molar-refractivity contribution in [2.75, 3.05) is 9.80 Å². The first kappa shape index (κ1) is 35.0. The van der Waals surface area contributed by atoms with Gasteiger partial charge in [0.15, 0.2) is 0 Å². The van der Waals surface area contributed by atoms with Crippen LogP contribution in [0.3, 0.4) is 0 Å². The van der Waals surface area contributed by atoms with E-state index in [1.54, 1.807) is 66.7 Å². The van der Waals surface area contributed by atoms with Crippen LogP contribution in [0.15, 0.2) is 140 Å². The van der Waals surface area contributed by atoms with Gasteiger partial charge in [0.05, 0.1) is 33.6 Å². The van der Waals surface area contributed by atoms with Gasteiger partial charge in [0, 0.05) is 17.2 Å². The highest BCUT2D eigenvalue weighted by molar-refractivity contribution is 6.36. The molecular weight excluding hydrogens is 717 g/mol. The Balaban J connectivity index is 0.945. The first-order valence-electron chi connectivity index (χ1n) is 18.2. The van der Waals surface area contributed by atoms with Crippen LogP contribution in [0.2, 0.25) is 0 Å². The van der Waals surface area contributed by atoms with Crippen molar-refractivity contribution in [3.05, 3.63) is 173 Å². The number of phenols is 3. The van der Waals surface area contributed by atoms with Crippen LogP contribution in [0.25, 0.3) is 44.5 Å². The average molecular weight is 749 g/mol. The first-order chi connectivity index (χ1) is 27.5. The van der Waals surface area contributed by atoms with Crippen LogP contribution in [0.5, 0.6) is 17.2 Å². The molecule has 4 amide bonds. The molecule has 2 heterocycles. The predicted octanol–water partition coefficient (Wildman–Crippen LogP) is 9.69. The maximum atomic E-state index is 13.6. The molecule has 0 fully saturated rings. The third-order valence-corrected chi connectivity index (χ3v) is 10.6. The lowest BCUT2D eigenvalue weighted by atomic mass is 9.98. The molecule has 0 aromatic heterocycles. The topological polar surface area (TPSA) is 135 Å². The van der Waals surface area contributed by atoms with E-state index in [1.807, 2.05) is 62.4 Å².